The Morgan fingerprint density at radius 2 is 0.769 bits per heavy atom. The molecule has 0 rings (SSSR count). The van der Waals surface area contributed by atoms with Gasteiger partial charge in [-0.05, 0) is 0 Å². The molecule has 0 N–H and O–H groups in total. The summed E-state index contributed by atoms with van der Waals surface area (Å²) in [7, 11) is -23.8. The fraction of sp³-hybridized carbons (Fsp3) is 0. The van der Waals surface area contributed by atoms with E-state index in [0.717, 1.165) is 0 Å². The van der Waals surface area contributed by atoms with Crippen LogP contribution < -0.4 is 0 Å². The minimum Gasteiger partial charge on any atom is -0.144 e. The van der Waals surface area contributed by atoms with E-state index in [1.807, 2.05) is 0 Å². The highest BCUT2D eigenvalue weighted by Gasteiger charge is 2.64. The molecule has 13 heavy (non-hydrogen) atoms. The molecule has 0 spiro atoms. The van der Waals surface area contributed by atoms with Crippen LogP contribution in [0.5, 0.6) is 0 Å². The van der Waals surface area contributed by atoms with Crippen molar-refractivity contribution in [2.24, 2.45) is 0 Å². The van der Waals surface area contributed by atoms with Gasteiger partial charge in [0.2, 0.25) is 0 Å². The first-order chi connectivity index (χ1) is 5.37. The van der Waals surface area contributed by atoms with E-state index in [9.17, 15) is 36.9 Å². The standard InChI is InChI=1S/F3O6S4/c1-11(4,5)10(12(2,6)7)13(3,8)9/q+1. The topological polar surface area (TPSA) is 102 Å². The normalized spacial score (nSPS) is 14.8. The largest absolute Gasteiger partial charge is 0.529 e. The highest BCUT2D eigenvalue weighted by molar-refractivity contribution is 9.22. The van der Waals surface area contributed by atoms with E-state index in [2.05, 4.69) is 0 Å². The van der Waals surface area contributed by atoms with Gasteiger partial charge in [0.1, 0.15) is 0 Å². The summed E-state index contributed by atoms with van der Waals surface area (Å²) in [4.78, 5) is 0. The number of hydrogen-bond acceptors (Lipinski definition) is 6. The fourth-order valence-corrected chi connectivity index (χ4v) is 7.86. The van der Waals surface area contributed by atoms with Crippen molar-refractivity contribution in [3.63, 3.8) is 0 Å². The van der Waals surface area contributed by atoms with Gasteiger partial charge in [-0.1, -0.05) is 11.7 Å². The van der Waals surface area contributed by atoms with Gasteiger partial charge in [-0.2, -0.15) is 0 Å². The lowest BCUT2D eigenvalue weighted by Crippen LogP contribution is -2.24. The first-order valence-electron chi connectivity index (χ1n) is 1.96. The van der Waals surface area contributed by atoms with Crippen molar-refractivity contribution in [1.82, 2.24) is 0 Å². The van der Waals surface area contributed by atoms with Crippen molar-refractivity contribution >= 4 is 35.8 Å². The second-order valence-electron chi connectivity index (χ2n) is 1.38. The minimum atomic E-state index is -6.38. The predicted octanol–water partition coefficient (Wildman–Crippen LogP) is -0.752. The molecule has 13 heteroatoms. The summed E-state index contributed by atoms with van der Waals surface area (Å²) in [5.74, 6) is 0. The third-order valence-electron chi connectivity index (χ3n) is 0.488. The maximum absolute atomic E-state index is 11.8. The molecule has 0 bridgehead atoms. The lowest BCUT2D eigenvalue weighted by atomic mass is 15.9. The summed E-state index contributed by atoms with van der Waals surface area (Å²) in [6, 6.07) is 0. The Hall–Kier alpha value is -0.0100. The summed E-state index contributed by atoms with van der Waals surface area (Å²) in [6.45, 7) is 0. The summed E-state index contributed by atoms with van der Waals surface area (Å²) in [5, 5.41) is 0. The third kappa shape index (κ3) is 3.70. The molecular formula is F3O6S4+. The van der Waals surface area contributed by atoms with Crippen molar-refractivity contribution in [3.05, 3.63) is 0 Å². The van der Waals surface area contributed by atoms with E-state index in [0.29, 0.717) is 0 Å². The average Bonchev–Trinajstić information content (AvgIpc) is 1.44. The molecule has 0 heterocycles. The number of halogens is 3. The van der Waals surface area contributed by atoms with Crippen molar-refractivity contribution in [3.8, 4) is 0 Å². The molecule has 0 aromatic carbocycles. The molecule has 0 fully saturated rings. The van der Waals surface area contributed by atoms with Crippen LogP contribution in [-0.4, -0.2) is 25.3 Å². The van der Waals surface area contributed by atoms with Crippen LogP contribution in [0, 0.1) is 0 Å². The Morgan fingerprint density at radius 1 is 0.615 bits per heavy atom. The van der Waals surface area contributed by atoms with E-state index in [1.165, 1.54) is 0 Å². The molecule has 0 aliphatic carbocycles. The Balaban J connectivity index is 5.87. The van der Waals surface area contributed by atoms with E-state index in [-0.39, 0.29) is 0 Å². The van der Waals surface area contributed by atoms with Gasteiger partial charge >= 0.3 is 35.8 Å². The molecule has 80 valence electrons. The molecule has 0 saturated heterocycles. The van der Waals surface area contributed by atoms with Gasteiger partial charge in [-0.3, -0.25) is 0 Å². The Kier molecular flexibility index (Phi) is 3.28. The van der Waals surface area contributed by atoms with E-state index >= 15 is 0 Å². The molecule has 0 aliphatic heterocycles. The van der Waals surface area contributed by atoms with Gasteiger partial charge in [0.25, 0.3) is 0 Å². The highest BCUT2D eigenvalue weighted by Crippen LogP contribution is 2.26. The quantitative estimate of drug-likeness (QED) is 0.383. The van der Waals surface area contributed by atoms with Crippen LogP contribution in [0.1, 0.15) is 0 Å². The fourth-order valence-electron chi connectivity index (χ4n) is 0.291. The van der Waals surface area contributed by atoms with Gasteiger partial charge in [0, 0.05) is 0 Å². The zero-order chi connectivity index (χ0) is 11.1. The number of hydrogen-bond donors (Lipinski definition) is 0. The van der Waals surface area contributed by atoms with Crippen molar-refractivity contribution in [2.75, 3.05) is 0 Å². The molecule has 0 unspecified atom stereocenters. The van der Waals surface area contributed by atoms with Crippen LogP contribution in [0.3, 0.4) is 0 Å². The second-order valence-corrected chi connectivity index (χ2v) is 12.6. The summed E-state index contributed by atoms with van der Waals surface area (Å²) in [5.41, 5.74) is 0. The Labute approximate surface area is 72.9 Å². The van der Waals surface area contributed by atoms with Crippen LogP contribution in [0.4, 0.5) is 11.7 Å². The number of rotatable bonds is 3. The van der Waals surface area contributed by atoms with Crippen LogP contribution in [-0.2, 0) is 35.8 Å². The zero-order valence-electron chi connectivity index (χ0n) is 5.22. The van der Waals surface area contributed by atoms with E-state index < -0.39 is 35.8 Å². The molecule has 0 amide bonds. The zero-order valence-corrected chi connectivity index (χ0v) is 8.48. The summed E-state index contributed by atoms with van der Waals surface area (Å²) in [6.07, 6.45) is 0. The molecule has 0 atom stereocenters. The van der Waals surface area contributed by atoms with Gasteiger partial charge in [0.05, 0.1) is 0 Å². The maximum Gasteiger partial charge on any atom is 0.529 e. The maximum atomic E-state index is 11.8. The van der Waals surface area contributed by atoms with Crippen LogP contribution in [0.15, 0.2) is 0 Å². The third-order valence-corrected chi connectivity index (χ3v) is 13.2. The Morgan fingerprint density at radius 3 is 0.769 bits per heavy atom. The molecule has 0 aromatic rings. The first kappa shape index (κ1) is 13.0. The minimum absolute atomic E-state index is 4.66. The predicted molar refractivity (Wildman–Crippen MR) is 37.4 cm³/mol. The highest BCUT2D eigenvalue weighted by atomic mass is 33.9. The molecule has 0 saturated carbocycles. The lowest BCUT2D eigenvalue weighted by molar-refractivity contribution is 0.564. The molecular weight excluding hydrogens is 281 g/mol. The molecule has 0 radical (unpaired) electrons. The second kappa shape index (κ2) is 3.29. The van der Waals surface area contributed by atoms with Crippen molar-refractivity contribution in [1.29, 1.82) is 0 Å². The summed E-state index contributed by atoms with van der Waals surface area (Å²) < 4.78 is 93.8. The van der Waals surface area contributed by atoms with Gasteiger partial charge in [0.15, 0.2) is 0 Å². The lowest BCUT2D eigenvalue weighted by Gasteiger charge is -1.88. The Bertz CT molecular complexity index is 402. The monoisotopic (exact) mass is 281 g/mol. The average molecular weight is 281 g/mol. The van der Waals surface area contributed by atoms with Crippen LogP contribution >= 0.6 is 0 Å². The van der Waals surface area contributed by atoms with Crippen molar-refractivity contribution in [2.45, 2.75) is 0 Å². The SMILES string of the molecule is O=S(=O)(F)[S+](S(=O)(=O)F)S(=O)(=O)F. The summed E-state index contributed by atoms with van der Waals surface area (Å²) >= 11 is 0. The molecule has 6 nitrogen and oxygen atoms in total. The van der Waals surface area contributed by atoms with Gasteiger partial charge < -0.3 is 0 Å². The van der Waals surface area contributed by atoms with Crippen molar-refractivity contribution < 1.29 is 36.9 Å². The van der Waals surface area contributed by atoms with Gasteiger partial charge in [-0.25, -0.2) is 0 Å². The van der Waals surface area contributed by atoms with E-state index in [1.54, 1.807) is 0 Å². The van der Waals surface area contributed by atoms with E-state index in [4.69, 9.17) is 0 Å². The van der Waals surface area contributed by atoms with Crippen LogP contribution in [0.2, 0.25) is 0 Å². The smallest absolute Gasteiger partial charge is 0.144 e. The first-order valence-corrected chi connectivity index (χ1v) is 8.89. The van der Waals surface area contributed by atoms with Crippen LogP contribution in [0.25, 0.3) is 0 Å². The molecule has 0 aromatic heterocycles. The van der Waals surface area contributed by atoms with Gasteiger partial charge in [-0.15, -0.1) is 25.3 Å². The molecule has 0 aliphatic rings.